The first-order valence-electron chi connectivity index (χ1n) is 5.05. The summed E-state index contributed by atoms with van der Waals surface area (Å²) in [5, 5.41) is 0.662. The minimum absolute atomic E-state index is 0.662. The Labute approximate surface area is 99.8 Å². The number of halogens is 1. The molecule has 2 rings (SSSR count). The van der Waals surface area contributed by atoms with Crippen molar-refractivity contribution in [2.24, 2.45) is 0 Å². The summed E-state index contributed by atoms with van der Waals surface area (Å²) in [6.07, 6.45) is 1.91. The van der Waals surface area contributed by atoms with Gasteiger partial charge < -0.3 is 15.6 Å². The molecule has 3 nitrogen and oxygen atoms in total. The van der Waals surface area contributed by atoms with E-state index in [1.54, 1.807) is 6.07 Å². The van der Waals surface area contributed by atoms with Gasteiger partial charge in [-0.2, -0.15) is 0 Å². The lowest BCUT2D eigenvalue weighted by Crippen LogP contribution is -2.17. The topological polar surface area (TPSA) is 45.0 Å². The average molecular weight is 236 g/mol. The van der Waals surface area contributed by atoms with Crippen LogP contribution in [-0.4, -0.2) is 12.0 Å². The van der Waals surface area contributed by atoms with Crippen LogP contribution in [0.1, 0.15) is 5.69 Å². The summed E-state index contributed by atoms with van der Waals surface area (Å²) in [7, 11) is 2.00. The summed E-state index contributed by atoms with van der Waals surface area (Å²) >= 11 is 5.86. The summed E-state index contributed by atoms with van der Waals surface area (Å²) in [4.78, 5) is 5.24. The SMILES string of the molecule is CN(Cc1ccc[nH]1)c1ccc(Cl)cc1N. The number of benzene rings is 1. The predicted octanol–water partition coefficient (Wildman–Crippen LogP) is 2.89. The van der Waals surface area contributed by atoms with E-state index in [1.165, 1.54) is 0 Å². The highest BCUT2D eigenvalue weighted by Crippen LogP contribution is 2.26. The lowest BCUT2D eigenvalue weighted by atomic mass is 10.2. The van der Waals surface area contributed by atoms with Crippen LogP contribution in [0.25, 0.3) is 0 Å². The van der Waals surface area contributed by atoms with E-state index in [0.717, 1.165) is 17.9 Å². The van der Waals surface area contributed by atoms with Gasteiger partial charge in [0.1, 0.15) is 0 Å². The van der Waals surface area contributed by atoms with Gasteiger partial charge >= 0.3 is 0 Å². The molecule has 84 valence electrons. The van der Waals surface area contributed by atoms with Crippen molar-refractivity contribution in [2.75, 3.05) is 17.7 Å². The molecule has 3 N–H and O–H groups in total. The number of H-pyrrole nitrogens is 1. The second-order valence-electron chi connectivity index (χ2n) is 3.75. The van der Waals surface area contributed by atoms with E-state index in [0.29, 0.717) is 10.7 Å². The molecule has 0 aliphatic carbocycles. The molecular weight excluding hydrogens is 222 g/mol. The molecule has 4 heteroatoms. The van der Waals surface area contributed by atoms with Crippen molar-refractivity contribution in [1.82, 2.24) is 4.98 Å². The van der Waals surface area contributed by atoms with E-state index in [9.17, 15) is 0 Å². The maximum absolute atomic E-state index is 5.91. The maximum atomic E-state index is 5.91. The lowest BCUT2D eigenvalue weighted by molar-refractivity contribution is 0.896. The van der Waals surface area contributed by atoms with Gasteiger partial charge in [-0.15, -0.1) is 0 Å². The quantitative estimate of drug-likeness (QED) is 0.804. The first kappa shape index (κ1) is 10.9. The first-order valence-corrected chi connectivity index (χ1v) is 5.43. The molecule has 1 heterocycles. The Morgan fingerprint density at radius 3 is 2.81 bits per heavy atom. The zero-order chi connectivity index (χ0) is 11.5. The van der Waals surface area contributed by atoms with Crippen molar-refractivity contribution in [2.45, 2.75) is 6.54 Å². The molecule has 0 atom stereocenters. The molecule has 0 radical (unpaired) electrons. The van der Waals surface area contributed by atoms with Gasteiger partial charge in [0, 0.05) is 24.0 Å². The van der Waals surface area contributed by atoms with E-state index in [4.69, 9.17) is 17.3 Å². The molecule has 16 heavy (non-hydrogen) atoms. The number of nitrogens with zero attached hydrogens (tertiary/aromatic N) is 1. The summed E-state index contributed by atoms with van der Waals surface area (Å²) in [5.74, 6) is 0. The molecule has 0 saturated carbocycles. The summed E-state index contributed by atoms with van der Waals surface area (Å²) in [6.45, 7) is 0.791. The van der Waals surface area contributed by atoms with Crippen molar-refractivity contribution >= 4 is 23.0 Å². The first-order chi connectivity index (χ1) is 7.66. The van der Waals surface area contributed by atoms with Crippen LogP contribution in [0.5, 0.6) is 0 Å². The van der Waals surface area contributed by atoms with Crippen LogP contribution in [0, 0.1) is 0 Å². The van der Waals surface area contributed by atoms with Crippen LogP contribution in [0.15, 0.2) is 36.5 Å². The standard InChI is InChI=1S/C12H14ClN3/c1-16(8-10-3-2-6-15-10)12-5-4-9(13)7-11(12)14/h2-7,15H,8,14H2,1H3. The van der Waals surface area contributed by atoms with E-state index in [-0.39, 0.29) is 0 Å². The van der Waals surface area contributed by atoms with Gasteiger partial charge in [0.2, 0.25) is 0 Å². The molecule has 0 aliphatic heterocycles. The number of anilines is 2. The molecular formula is C12H14ClN3. The highest BCUT2D eigenvalue weighted by Gasteiger charge is 2.06. The van der Waals surface area contributed by atoms with E-state index < -0.39 is 0 Å². The largest absolute Gasteiger partial charge is 0.397 e. The number of nitrogens with two attached hydrogens (primary N) is 1. The Morgan fingerprint density at radius 1 is 1.38 bits per heavy atom. The average Bonchev–Trinajstić information content (AvgIpc) is 2.70. The summed E-state index contributed by atoms with van der Waals surface area (Å²) in [6, 6.07) is 9.57. The van der Waals surface area contributed by atoms with Crippen LogP contribution in [0.4, 0.5) is 11.4 Å². The molecule has 0 spiro atoms. The molecule has 0 bridgehead atoms. The Kier molecular flexibility index (Phi) is 3.06. The van der Waals surface area contributed by atoms with Gasteiger partial charge in [0.15, 0.2) is 0 Å². The molecule has 0 saturated heterocycles. The number of rotatable bonds is 3. The molecule has 0 fully saturated rings. The maximum Gasteiger partial charge on any atom is 0.0601 e. The van der Waals surface area contributed by atoms with Gasteiger partial charge in [-0.3, -0.25) is 0 Å². The van der Waals surface area contributed by atoms with Gasteiger partial charge in [-0.1, -0.05) is 11.6 Å². The fourth-order valence-electron chi connectivity index (χ4n) is 1.68. The minimum Gasteiger partial charge on any atom is -0.397 e. The van der Waals surface area contributed by atoms with Gasteiger partial charge in [-0.05, 0) is 30.3 Å². The van der Waals surface area contributed by atoms with E-state index >= 15 is 0 Å². The van der Waals surface area contributed by atoms with Crippen LogP contribution in [-0.2, 0) is 6.54 Å². The van der Waals surface area contributed by atoms with Gasteiger partial charge in [0.05, 0.1) is 17.9 Å². The van der Waals surface area contributed by atoms with Crippen molar-refractivity contribution in [3.05, 3.63) is 47.2 Å². The molecule has 0 amide bonds. The predicted molar refractivity (Wildman–Crippen MR) is 68.8 cm³/mol. The highest BCUT2D eigenvalue weighted by molar-refractivity contribution is 6.31. The number of hydrogen-bond acceptors (Lipinski definition) is 2. The van der Waals surface area contributed by atoms with Gasteiger partial charge in [-0.25, -0.2) is 0 Å². The third kappa shape index (κ3) is 2.31. The fraction of sp³-hybridized carbons (Fsp3) is 0.167. The Balaban J connectivity index is 2.17. The van der Waals surface area contributed by atoms with E-state index in [1.807, 2.05) is 37.5 Å². The number of nitrogens with one attached hydrogen (secondary N) is 1. The number of aromatic nitrogens is 1. The highest BCUT2D eigenvalue weighted by atomic mass is 35.5. The van der Waals surface area contributed by atoms with Crippen LogP contribution in [0.3, 0.4) is 0 Å². The Morgan fingerprint density at radius 2 is 2.19 bits per heavy atom. The molecule has 2 aromatic rings. The van der Waals surface area contributed by atoms with Crippen molar-refractivity contribution in [3.8, 4) is 0 Å². The monoisotopic (exact) mass is 235 g/mol. The molecule has 1 aromatic carbocycles. The number of aromatic amines is 1. The molecule has 1 aromatic heterocycles. The van der Waals surface area contributed by atoms with Crippen molar-refractivity contribution < 1.29 is 0 Å². The Hall–Kier alpha value is -1.61. The third-order valence-electron chi connectivity index (χ3n) is 2.47. The lowest BCUT2D eigenvalue weighted by Gasteiger charge is -2.20. The minimum atomic E-state index is 0.662. The number of nitrogen functional groups attached to an aromatic ring is 1. The van der Waals surface area contributed by atoms with Crippen molar-refractivity contribution in [1.29, 1.82) is 0 Å². The molecule has 0 unspecified atom stereocenters. The van der Waals surface area contributed by atoms with Crippen LogP contribution < -0.4 is 10.6 Å². The van der Waals surface area contributed by atoms with Crippen LogP contribution >= 0.6 is 11.6 Å². The zero-order valence-corrected chi connectivity index (χ0v) is 9.83. The normalized spacial score (nSPS) is 10.4. The molecule has 0 aliphatic rings. The number of hydrogen-bond donors (Lipinski definition) is 2. The smallest absolute Gasteiger partial charge is 0.0601 e. The summed E-state index contributed by atoms with van der Waals surface area (Å²) in [5.41, 5.74) is 8.75. The summed E-state index contributed by atoms with van der Waals surface area (Å²) < 4.78 is 0. The van der Waals surface area contributed by atoms with Crippen LogP contribution in [0.2, 0.25) is 5.02 Å². The van der Waals surface area contributed by atoms with E-state index in [2.05, 4.69) is 9.88 Å². The second kappa shape index (κ2) is 4.49. The second-order valence-corrected chi connectivity index (χ2v) is 4.19. The fourth-order valence-corrected chi connectivity index (χ4v) is 1.86. The Bertz CT molecular complexity index is 465. The third-order valence-corrected chi connectivity index (χ3v) is 2.71. The van der Waals surface area contributed by atoms with Gasteiger partial charge in [0.25, 0.3) is 0 Å². The van der Waals surface area contributed by atoms with Crippen molar-refractivity contribution in [3.63, 3.8) is 0 Å². The zero-order valence-electron chi connectivity index (χ0n) is 9.07.